The fourth-order valence-corrected chi connectivity index (χ4v) is 4.72. The van der Waals surface area contributed by atoms with Gasteiger partial charge >= 0.3 is 0 Å². The van der Waals surface area contributed by atoms with Crippen molar-refractivity contribution in [2.24, 2.45) is 4.99 Å². The lowest BCUT2D eigenvalue weighted by atomic mass is 10.0. The summed E-state index contributed by atoms with van der Waals surface area (Å²) in [6.07, 6.45) is 7.11. The summed E-state index contributed by atoms with van der Waals surface area (Å²) in [5.41, 5.74) is 5.13. The van der Waals surface area contributed by atoms with E-state index < -0.39 is 0 Å². The highest BCUT2D eigenvalue weighted by molar-refractivity contribution is 6.34. The molecule has 1 atom stereocenters. The Hall–Kier alpha value is -2.70. The molecule has 2 fully saturated rings. The van der Waals surface area contributed by atoms with E-state index in [1.54, 1.807) is 0 Å². The molecule has 2 aromatic rings. The number of guanidine groups is 1. The summed E-state index contributed by atoms with van der Waals surface area (Å²) < 4.78 is 11.8. The topological polar surface area (TPSA) is 66.9 Å². The molecule has 0 bridgehead atoms. The van der Waals surface area contributed by atoms with Crippen LogP contribution in [-0.4, -0.2) is 38.4 Å². The van der Waals surface area contributed by atoms with E-state index in [9.17, 15) is 0 Å². The van der Waals surface area contributed by atoms with Crippen molar-refractivity contribution in [1.29, 1.82) is 0 Å². The second-order valence-corrected chi connectivity index (χ2v) is 9.58. The maximum Gasteiger partial charge on any atom is 0.195 e. The Bertz CT molecular complexity index is 1060. The van der Waals surface area contributed by atoms with Gasteiger partial charge in [-0.25, -0.2) is 0 Å². The molecular formula is C27H33ClN4O2. The molecule has 0 amide bonds. The number of nitrogens with one attached hydrogen (secondary N) is 3. The number of halogens is 1. The zero-order valence-electron chi connectivity index (χ0n) is 19.5. The van der Waals surface area contributed by atoms with E-state index in [2.05, 4.69) is 45.7 Å². The molecule has 3 N–H and O–H groups in total. The van der Waals surface area contributed by atoms with Gasteiger partial charge in [0.05, 0.1) is 24.9 Å². The average molecular weight is 481 g/mol. The molecule has 3 aliphatic rings. The Morgan fingerprint density at radius 3 is 2.85 bits per heavy atom. The van der Waals surface area contributed by atoms with Crippen LogP contribution in [0.5, 0.6) is 5.75 Å². The van der Waals surface area contributed by atoms with Crippen molar-refractivity contribution < 1.29 is 9.47 Å². The summed E-state index contributed by atoms with van der Waals surface area (Å²) in [4.78, 5) is 4.40. The zero-order valence-corrected chi connectivity index (χ0v) is 20.3. The number of nitrogens with zero attached hydrogens (tertiary/aromatic N) is 1. The van der Waals surface area contributed by atoms with Gasteiger partial charge in [0.15, 0.2) is 5.96 Å². The number of benzene rings is 2. The van der Waals surface area contributed by atoms with E-state index in [0.717, 1.165) is 67.6 Å². The van der Waals surface area contributed by atoms with Crippen molar-refractivity contribution in [2.45, 2.75) is 50.5 Å². The monoisotopic (exact) mass is 480 g/mol. The normalized spacial score (nSPS) is 19.8. The fraction of sp³-hybridized carbons (Fsp3) is 0.444. The highest BCUT2D eigenvalue weighted by atomic mass is 35.5. The first-order valence-electron chi connectivity index (χ1n) is 12.4. The van der Waals surface area contributed by atoms with E-state index in [-0.39, 0.29) is 0 Å². The third-order valence-electron chi connectivity index (χ3n) is 6.56. The molecule has 1 unspecified atom stereocenters. The number of hydrogen-bond donors (Lipinski definition) is 3. The predicted molar refractivity (Wildman–Crippen MR) is 139 cm³/mol. The molecule has 0 aromatic heterocycles. The van der Waals surface area contributed by atoms with E-state index in [4.69, 9.17) is 21.1 Å². The summed E-state index contributed by atoms with van der Waals surface area (Å²) in [7, 11) is 0. The van der Waals surface area contributed by atoms with Crippen LogP contribution >= 0.6 is 11.6 Å². The van der Waals surface area contributed by atoms with Crippen LogP contribution in [0, 0.1) is 0 Å². The first-order valence-corrected chi connectivity index (χ1v) is 12.7. The first-order chi connectivity index (χ1) is 16.7. The van der Waals surface area contributed by atoms with Crippen LogP contribution in [-0.2, 0) is 4.74 Å². The summed E-state index contributed by atoms with van der Waals surface area (Å²) in [6, 6.07) is 12.3. The molecule has 5 rings (SSSR count). The lowest BCUT2D eigenvalue weighted by molar-refractivity contribution is 0.00406. The van der Waals surface area contributed by atoms with Crippen LogP contribution in [0.4, 0.5) is 11.4 Å². The van der Waals surface area contributed by atoms with Gasteiger partial charge < -0.3 is 25.4 Å². The lowest BCUT2D eigenvalue weighted by Crippen LogP contribution is -2.32. The van der Waals surface area contributed by atoms with Gasteiger partial charge in [-0.2, -0.15) is 0 Å². The smallest absolute Gasteiger partial charge is 0.195 e. The number of anilines is 2. The molecule has 6 nitrogen and oxygen atoms in total. The standard InChI is InChI=1S/C27H33ClN4O2/c1-18(31-27-29-13-14-30-27)20-10-11-23(22(17-20)19-8-9-19)32-24-6-4-7-25(26(24)28)34-16-12-21-5-2-3-15-33-21/h4,6-7,10-11,17,19,21,32H,1-3,5,8-9,12-16H2,(H2,29,30,31). The van der Waals surface area contributed by atoms with Crippen molar-refractivity contribution in [3.8, 4) is 5.75 Å². The number of ether oxygens (including phenoxy) is 2. The molecule has 7 heteroatoms. The number of rotatable bonds is 9. The summed E-state index contributed by atoms with van der Waals surface area (Å²) in [5, 5.41) is 10.7. The molecule has 2 heterocycles. The van der Waals surface area contributed by atoms with Gasteiger partial charge in [0, 0.05) is 31.0 Å². The maximum absolute atomic E-state index is 6.74. The predicted octanol–water partition coefficient (Wildman–Crippen LogP) is 5.82. The summed E-state index contributed by atoms with van der Waals surface area (Å²) in [6.45, 7) is 7.34. The van der Waals surface area contributed by atoms with Crippen LogP contribution in [0.1, 0.15) is 55.6 Å². The summed E-state index contributed by atoms with van der Waals surface area (Å²) >= 11 is 6.74. The van der Waals surface area contributed by atoms with Crippen LogP contribution < -0.4 is 20.7 Å². The minimum absolute atomic E-state index is 0.300. The second-order valence-electron chi connectivity index (χ2n) is 9.21. The molecule has 180 valence electrons. The summed E-state index contributed by atoms with van der Waals surface area (Å²) in [5.74, 6) is 2.05. The molecule has 1 saturated heterocycles. The van der Waals surface area contributed by atoms with Gasteiger partial charge in [-0.15, -0.1) is 0 Å². The molecule has 1 aliphatic carbocycles. The average Bonchev–Trinajstić information content (AvgIpc) is 3.58. The van der Waals surface area contributed by atoms with E-state index in [1.807, 2.05) is 18.2 Å². The van der Waals surface area contributed by atoms with E-state index in [1.165, 1.54) is 24.8 Å². The maximum atomic E-state index is 6.74. The fourth-order valence-electron chi connectivity index (χ4n) is 4.49. The Morgan fingerprint density at radius 2 is 2.09 bits per heavy atom. The van der Waals surface area contributed by atoms with Crippen molar-refractivity contribution >= 4 is 34.6 Å². The largest absolute Gasteiger partial charge is 0.492 e. The van der Waals surface area contributed by atoms with Crippen LogP contribution in [0.2, 0.25) is 5.02 Å². The molecule has 2 aliphatic heterocycles. The third-order valence-corrected chi connectivity index (χ3v) is 6.95. The Labute approximate surface area is 206 Å². The third kappa shape index (κ3) is 5.68. The number of hydrogen-bond acceptors (Lipinski definition) is 6. The SMILES string of the molecule is C=C(NC1=NCCN1)c1ccc(Nc2cccc(OCCC3CCCCO3)c2Cl)c(C2CC2)c1. The van der Waals surface area contributed by atoms with Crippen molar-refractivity contribution in [1.82, 2.24) is 10.6 Å². The number of aliphatic imine (C=N–C) groups is 1. The first kappa shape index (κ1) is 23.1. The van der Waals surface area contributed by atoms with Gasteiger partial charge in [-0.05, 0) is 73.4 Å². The van der Waals surface area contributed by atoms with Gasteiger partial charge in [-0.1, -0.05) is 30.3 Å². The molecule has 0 spiro atoms. The van der Waals surface area contributed by atoms with Crippen LogP contribution in [0.15, 0.2) is 48.0 Å². The highest BCUT2D eigenvalue weighted by Crippen LogP contribution is 2.45. The quantitative estimate of drug-likeness (QED) is 0.422. The molecule has 1 saturated carbocycles. The molecule has 34 heavy (non-hydrogen) atoms. The van der Waals surface area contributed by atoms with E-state index >= 15 is 0 Å². The van der Waals surface area contributed by atoms with E-state index in [0.29, 0.717) is 29.4 Å². The van der Waals surface area contributed by atoms with Gasteiger partial charge in [0.1, 0.15) is 10.8 Å². The van der Waals surface area contributed by atoms with Gasteiger partial charge in [0.25, 0.3) is 0 Å². The van der Waals surface area contributed by atoms with Gasteiger partial charge in [0.2, 0.25) is 0 Å². The van der Waals surface area contributed by atoms with Crippen molar-refractivity contribution in [3.05, 3.63) is 59.1 Å². The molecular weight excluding hydrogens is 448 g/mol. The van der Waals surface area contributed by atoms with Crippen molar-refractivity contribution in [3.63, 3.8) is 0 Å². The van der Waals surface area contributed by atoms with Crippen molar-refractivity contribution in [2.75, 3.05) is 31.6 Å². The zero-order chi connectivity index (χ0) is 23.3. The lowest BCUT2D eigenvalue weighted by Gasteiger charge is -2.22. The molecule has 2 aromatic carbocycles. The molecule has 0 radical (unpaired) electrons. The van der Waals surface area contributed by atoms with Gasteiger partial charge in [-0.3, -0.25) is 4.99 Å². The minimum atomic E-state index is 0.300. The minimum Gasteiger partial charge on any atom is -0.492 e. The second kappa shape index (κ2) is 10.7. The Balaban J connectivity index is 1.26. The highest BCUT2D eigenvalue weighted by Gasteiger charge is 2.27. The Kier molecular flexibility index (Phi) is 7.26. The van der Waals surface area contributed by atoms with Crippen LogP contribution in [0.3, 0.4) is 0 Å². The Morgan fingerprint density at radius 1 is 1.18 bits per heavy atom. The van der Waals surface area contributed by atoms with Crippen LogP contribution in [0.25, 0.3) is 5.70 Å².